The summed E-state index contributed by atoms with van der Waals surface area (Å²) in [6.07, 6.45) is 52.5. The lowest BCUT2D eigenvalue weighted by Crippen LogP contribution is -2.60. The zero-order valence-corrected chi connectivity index (χ0v) is 44.9. The maximum absolute atomic E-state index is 12.9. The van der Waals surface area contributed by atoms with Crippen molar-refractivity contribution in [1.82, 2.24) is 0 Å². The fourth-order valence-corrected chi connectivity index (χ4v) is 8.97. The van der Waals surface area contributed by atoms with E-state index in [0.29, 0.717) is 13.0 Å². The lowest BCUT2D eigenvalue weighted by atomic mass is 9.99. The Morgan fingerprint density at radius 2 is 0.986 bits per heavy atom. The van der Waals surface area contributed by atoms with Gasteiger partial charge in [-0.1, -0.05) is 229 Å². The number of rotatable bonds is 49. The Morgan fingerprint density at radius 3 is 1.44 bits per heavy atom. The molecule has 1 aliphatic rings. The maximum atomic E-state index is 12.9. The minimum Gasteiger partial charge on any atom is -0.457 e. The highest BCUT2D eigenvalue weighted by atomic mass is 32.3. The average molecular weight is 1010 g/mol. The number of hydrogen-bond acceptors (Lipinski definition) is 11. The molecule has 0 aromatic carbocycles. The molecule has 6 atom stereocenters. The van der Waals surface area contributed by atoms with E-state index in [9.17, 15) is 33.1 Å². The fraction of sp³-hybridized carbons (Fsp3) is 0.807. The summed E-state index contributed by atoms with van der Waals surface area (Å²) in [5, 5.41) is 30.8. The molecule has 0 radical (unpaired) electrons. The van der Waals surface area contributed by atoms with Gasteiger partial charge in [-0.3, -0.25) is 9.35 Å². The van der Waals surface area contributed by atoms with Crippen LogP contribution in [0.1, 0.15) is 232 Å². The Hall–Kier alpha value is -2.20. The number of aliphatic hydroxyl groups excluding tert-OH is 3. The SMILES string of the molecule is CC/C=C\C/C=C\C/C=C\C/C=C\C/C=C\CCCCCCCC(=O)OC(COCCCCCCCCCCCCCCCCCCCCCCCC)COC1OC(CO)C(O)C(OS(=O)(=O)O)C1O. The first kappa shape index (κ1) is 65.8. The van der Waals surface area contributed by atoms with Crippen LogP contribution in [0.15, 0.2) is 60.8 Å². The van der Waals surface area contributed by atoms with Gasteiger partial charge in [-0.15, -0.1) is 0 Å². The molecule has 0 amide bonds. The molecule has 0 spiro atoms. The first-order valence-electron chi connectivity index (χ1n) is 28.0. The summed E-state index contributed by atoms with van der Waals surface area (Å²) < 4.78 is 59.4. The van der Waals surface area contributed by atoms with Gasteiger partial charge in [0.15, 0.2) is 6.29 Å². The molecule has 1 aliphatic heterocycles. The molecule has 1 heterocycles. The summed E-state index contributed by atoms with van der Waals surface area (Å²) >= 11 is 0. The van der Waals surface area contributed by atoms with Crippen molar-refractivity contribution in [3.63, 3.8) is 0 Å². The Kier molecular flexibility index (Phi) is 44.9. The molecular formula is C57H102O12S. The molecule has 1 saturated heterocycles. The van der Waals surface area contributed by atoms with Crippen molar-refractivity contribution in [2.45, 2.75) is 269 Å². The van der Waals surface area contributed by atoms with E-state index in [2.05, 4.69) is 78.8 Å². The molecule has 13 heteroatoms. The smallest absolute Gasteiger partial charge is 0.397 e. The van der Waals surface area contributed by atoms with Crippen molar-refractivity contribution in [1.29, 1.82) is 0 Å². The molecule has 70 heavy (non-hydrogen) atoms. The number of hydrogen-bond donors (Lipinski definition) is 4. The summed E-state index contributed by atoms with van der Waals surface area (Å²) in [6.45, 7) is 3.89. The lowest BCUT2D eigenvalue weighted by molar-refractivity contribution is -0.301. The molecule has 0 aromatic rings. The zero-order valence-electron chi connectivity index (χ0n) is 44.1. The Balaban J connectivity index is 2.33. The second-order valence-corrected chi connectivity index (χ2v) is 20.2. The molecule has 1 fully saturated rings. The Bertz CT molecular complexity index is 1450. The van der Waals surface area contributed by atoms with Gasteiger partial charge >= 0.3 is 16.4 Å². The Labute approximate surface area is 427 Å². The minimum absolute atomic E-state index is 0.0284. The van der Waals surface area contributed by atoms with Crippen LogP contribution in [-0.4, -0.2) is 97.5 Å². The van der Waals surface area contributed by atoms with Crippen molar-refractivity contribution in [3.05, 3.63) is 60.8 Å². The monoisotopic (exact) mass is 1010 g/mol. The number of allylic oxidation sites excluding steroid dienone is 10. The molecule has 408 valence electrons. The van der Waals surface area contributed by atoms with Crippen molar-refractivity contribution in [2.24, 2.45) is 0 Å². The van der Waals surface area contributed by atoms with E-state index in [1.54, 1.807) is 0 Å². The summed E-state index contributed by atoms with van der Waals surface area (Å²) in [7, 11) is -5.07. The molecule has 4 N–H and O–H groups in total. The fourth-order valence-electron chi connectivity index (χ4n) is 8.47. The van der Waals surface area contributed by atoms with E-state index in [0.717, 1.165) is 83.5 Å². The molecule has 6 unspecified atom stereocenters. The highest BCUT2D eigenvalue weighted by Gasteiger charge is 2.48. The minimum atomic E-state index is -5.07. The Morgan fingerprint density at radius 1 is 0.557 bits per heavy atom. The number of carbonyl (C=O) groups excluding carboxylic acids is 1. The zero-order chi connectivity index (χ0) is 51.0. The molecule has 0 aromatic heterocycles. The van der Waals surface area contributed by atoms with Gasteiger partial charge < -0.3 is 34.3 Å². The van der Waals surface area contributed by atoms with Crippen LogP contribution in [0.5, 0.6) is 0 Å². The standard InChI is InChI=1S/C57H102O12S/c1-3-5-7-9-11-13-15-17-19-21-23-25-27-29-31-33-35-37-39-41-43-45-47-65-49-51(50-66-57-55(61)56(69-70(62,63)64)54(60)52(48-58)68-57)67-53(59)46-44-42-40-38-36-34-32-30-28-26-24-22-20-18-16-14-12-10-8-6-4-2/h6,8,12,14,18,20,24,26,30,32,51-52,54-58,60-61H,3-5,7,9-11,13,15-17,19,21-23,25,27-29,31,33-50H2,1-2H3,(H,62,63,64)/b8-6-,14-12-,20-18-,26-24-,32-30-. The highest BCUT2D eigenvalue weighted by molar-refractivity contribution is 7.80. The third kappa shape index (κ3) is 40.3. The van der Waals surface area contributed by atoms with E-state index in [1.165, 1.54) is 122 Å². The molecule has 12 nitrogen and oxygen atoms in total. The van der Waals surface area contributed by atoms with E-state index < -0.39 is 59.8 Å². The van der Waals surface area contributed by atoms with Gasteiger partial charge in [0.05, 0.1) is 19.8 Å². The van der Waals surface area contributed by atoms with Gasteiger partial charge in [0.1, 0.15) is 30.5 Å². The first-order valence-corrected chi connectivity index (χ1v) is 29.4. The number of ether oxygens (including phenoxy) is 4. The van der Waals surface area contributed by atoms with Gasteiger partial charge in [0.25, 0.3) is 0 Å². The molecular weight excluding hydrogens is 909 g/mol. The average Bonchev–Trinajstić information content (AvgIpc) is 3.34. The van der Waals surface area contributed by atoms with Gasteiger partial charge in [-0.05, 0) is 57.8 Å². The predicted octanol–water partition coefficient (Wildman–Crippen LogP) is 13.6. The van der Waals surface area contributed by atoms with Crippen molar-refractivity contribution in [2.75, 3.05) is 26.4 Å². The third-order valence-corrected chi connectivity index (χ3v) is 13.1. The molecule has 1 rings (SSSR count). The highest BCUT2D eigenvalue weighted by Crippen LogP contribution is 2.26. The molecule has 0 bridgehead atoms. The second-order valence-electron chi connectivity index (χ2n) is 19.2. The number of carbonyl (C=O) groups is 1. The van der Waals surface area contributed by atoms with Gasteiger partial charge in [-0.25, -0.2) is 4.18 Å². The third-order valence-electron chi connectivity index (χ3n) is 12.7. The van der Waals surface area contributed by atoms with Crippen LogP contribution in [-0.2, 0) is 38.3 Å². The summed E-state index contributed by atoms with van der Waals surface area (Å²) in [5.41, 5.74) is 0. The quantitative estimate of drug-likeness (QED) is 0.0196. The molecule has 0 saturated carbocycles. The van der Waals surface area contributed by atoms with Crippen LogP contribution in [0.2, 0.25) is 0 Å². The summed E-state index contributed by atoms with van der Waals surface area (Å²) in [6, 6.07) is 0. The van der Waals surface area contributed by atoms with Gasteiger partial charge in [-0.2, -0.15) is 8.42 Å². The van der Waals surface area contributed by atoms with Crippen LogP contribution in [0.3, 0.4) is 0 Å². The van der Waals surface area contributed by atoms with Gasteiger partial charge in [0, 0.05) is 13.0 Å². The number of unbranched alkanes of at least 4 members (excludes halogenated alkanes) is 26. The summed E-state index contributed by atoms with van der Waals surface area (Å²) in [4.78, 5) is 12.9. The second kappa shape index (κ2) is 47.8. The predicted molar refractivity (Wildman–Crippen MR) is 285 cm³/mol. The van der Waals surface area contributed by atoms with Crippen LogP contribution < -0.4 is 0 Å². The number of esters is 1. The topological polar surface area (TPSA) is 178 Å². The molecule has 0 aliphatic carbocycles. The largest absolute Gasteiger partial charge is 0.457 e. The maximum Gasteiger partial charge on any atom is 0.397 e. The van der Waals surface area contributed by atoms with Crippen molar-refractivity contribution in [3.8, 4) is 0 Å². The van der Waals surface area contributed by atoms with E-state index in [1.807, 2.05) is 0 Å². The lowest BCUT2D eigenvalue weighted by Gasteiger charge is -2.41. The van der Waals surface area contributed by atoms with Crippen molar-refractivity contribution >= 4 is 16.4 Å². The number of aliphatic hydroxyl groups is 3. The van der Waals surface area contributed by atoms with E-state index in [-0.39, 0.29) is 19.6 Å². The van der Waals surface area contributed by atoms with Gasteiger partial charge in [0.2, 0.25) is 0 Å². The summed E-state index contributed by atoms with van der Waals surface area (Å²) in [5.74, 6) is -0.415. The first-order chi connectivity index (χ1) is 34.1. The van der Waals surface area contributed by atoms with Crippen molar-refractivity contribution < 1.29 is 56.2 Å². The van der Waals surface area contributed by atoms with Crippen LogP contribution in [0.4, 0.5) is 0 Å². The van der Waals surface area contributed by atoms with Crippen LogP contribution in [0.25, 0.3) is 0 Å². The van der Waals surface area contributed by atoms with Crippen LogP contribution in [0, 0.1) is 0 Å². The normalized spacial score (nSPS) is 19.5. The van der Waals surface area contributed by atoms with Crippen LogP contribution >= 0.6 is 0 Å². The van der Waals surface area contributed by atoms with E-state index in [4.69, 9.17) is 18.9 Å². The van der Waals surface area contributed by atoms with E-state index >= 15 is 0 Å².